The molecule has 1 saturated heterocycles. The molecular weight excluding hydrogens is 1120 g/mol. The molecule has 0 aromatic heterocycles. The van der Waals surface area contributed by atoms with E-state index in [0.29, 0.717) is 19.4 Å². The third kappa shape index (κ3) is 56.2. The molecular formula is C79H149NO10. The van der Waals surface area contributed by atoms with E-state index in [9.17, 15) is 35.1 Å². The molecule has 0 spiro atoms. The number of ether oxygens (including phenoxy) is 3. The Balaban J connectivity index is 1.88. The molecule has 0 aliphatic carbocycles. The second kappa shape index (κ2) is 68.3. The summed E-state index contributed by atoms with van der Waals surface area (Å²) in [5, 5.41) is 54.4. The maximum atomic E-state index is 13.0. The maximum absolute atomic E-state index is 13.0. The molecule has 1 aliphatic heterocycles. The van der Waals surface area contributed by atoms with Crippen molar-refractivity contribution in [2.45, 2.75) is 436 Å². The monoisotopic (exact) mass is 1270 g/mol. The molecule has 11 nitrogen and oxygen atoms in total. The molecule has 0 bridgehead atoms. The van der Waals surface area contributed by atoms with Gasteiger partial charge in [0.05, 0.1) is 32.0 Å². The van der Waals surface area contributed by atoms with Crippen LogP contribution in [0, 0.1) is 0 Å². The minimum Gasteiger partial charge on any atom is -0.466 e. The van der Waals surface area contributed by atoms with E-state index in [1.165, 1.54) is 308 Å². The normalized spacial score (nSPS) is 17.8. The summed E-state index contributed by atoms with van der Waals surface area (Å²) >= 11 is 0. The van der Waals surface area contributed by atoms with Crippen molar-refractivity contribution in [2.75, 3.05) is 19.8 Å². The van der Waals surface area contributed by atoms with E-state index in [1.807, 2.05) is 6.08 Å². The predicted octanol–water partition coefficient (Wildman–Crippen LogP) is 20.9. The Bertz CT molecular complexity index is 1590. The molecule has 1 heterocycles. The lowest BCUT2D eigenvalue weighted by molar-refractivity contribution is -0.302. The number of unbranched alkanes of at least 4 members (excludes halogenated alkanes) is 52. The number of hydrogen-bond donors (Lipinski definition) is 6. The zero-order valence-electron chi connectivity index (χ0n) is 59.1. The zero-order chi connectivity index (χ0) is 65.1. The highest BCUT2D eigenvalue weighted by Crippen LogP contribution is 2.24. The molecule has 7 unspecified atom stereocenters. The van der Waals surface area contributed by atoms with E-state index < -0.39 is 49.5 Å². The lowest BCUT2D eigenvalue weighted by Crippen LogP contribution is -2.60. The van der Waals surface area contributed by atoms with Crippen molar-refractivity contribution in [3.63, 3.8) is 0 Å². The largest absolute Gasteiger partial charge is 0.466 e. The van der Waals surface area contributed by atoms with Crippen molar-refractivity contribution in [3.8, 4) is 0 Å². The van der Waals surface area contributed by atoms with Gasteiger partial charge in [-0.2, -0.15) is 0 Å². The molecule has 1 aliphatic rings. The fourth-order valence-electron chi connectivity index (χ4n) is 12.6. The van der Waals surface area contributed by atoms with Crippen molar-refractivity contribution in [3.05, 3.63) is 36.5 Å². The van der Waals surface area contributed by atoms with Crippen LogP contribution in [-0.2, 0) is 23.8 Å². The Kier molecular flexibility index (Phi) is 65.2. The van der Waals surface area contributed by atoms with Crippen molar-refractivity contribution in [1.82, 2.24) is 5.32 Å². The van der Waals surface area contributed by atoms with Crippen LogP contribution in [0.1, 0.15) is 393 Å². The summed E-state index contributed by atoms with van der Waals surface area (Å²) in [5.74, 6) is -0.162. The van der Waals surface area contributed by atoms with Crippen LogP contribution in [0.2, 0.25) is 0 Å². The number of amides is 1. The highest BCUT2D eigenvalue weighted by atomic mass is 16.7. The standard InChI is InChI=1S/C79H149NO10/c1-3-5-7-9-11-13-15-43-47-51-55-59-63-67-75(84)88-68-64-60-56-52-48-45-42-40-38-36-34-32-30-28-26-24-22-20-18-16-17-19-21-23-25-27-29-31-33-35-37-39-41-44-46-50-54-58-62-66-74(83)80-71(70-89-79-78(87)77(86)76(85)73(69-81)90-79)72(82)65-61-57-53-49-14-12-10-8-6-4-2/h16-17,20,22,61,65,71-73,76-79,81-82,85-87H,3-15,18-19,21,23-60,62-64,66-70H2,1-2H3,(H,80,83)/b17-16-,22-20-,65-61+. The summed E-state index contributed by atoms with van der Waals surface area (Å²) in [6.07, 6.45) is 79.0. The fourth-order valence-corrected chi connectivity index (χ4v) is 12.6. The summed E-state index contributed by atoms with van der Waals surface area (Å²) in [6, 6.07) is -0.807. The number of carbonyl (C=O) groups excluding carboxylic acids is 2. The van der Waals surface area contributed by atoms with E-state index in [0.717, 1.165) is 57.8 Å². The number of carbonyl (C=O) groups is 2. The molecule has 0 saturated carbocycles. The minimum absolute atomic E-state index is 0.0167. The molecule has 0 radical (unpaired) electrons. The third-order valence-corrected chi connectivity index (χ3v) is 18.7. The highest BCUT2D eigenvalue weighted by molar-refractivity contribution is 5.76. The van der Waals surface area contributed by atoms with E-state index in [4.69, 9.17) is 14.2 Å². The topological polar surface area (TPSA) is 175 Å². The number of allylic oxidation sites excluding steroid dienone is 5. The molecule has 530 valence electrons. The second-order valence-corrected chi connectivity index (χ2v) is 27.4. The van der Waals surface area contributed by atoms with E-state index in [1.54, 1.807) is 6.08 Å². The lowest BCUT2D eigenvalue weighted by Gasteiger charge is -2.40. The van der Waals surface area contributed by atoms with E-state index >= 15 is 0 Å². The van der Waals surface area contributed by atoms with Crippen LogP contribution in [-0.4, -0.2) is 100 Å². The third-order valence-electron chi connectivity index (χ3n) is 18.7. The van der Waals surface area contributed by atoms with Gasteiger partial charge in [0.25, 0.3) is 0 Å². The van der Waals surface area contributed by atoms with Gasteiger partial charge in [0, 0.05) is 12.8 Å². The SMILES string of the molecule is CCCCCCCCCC/C=C/C(O)C(COC1OC(CO)C(O)C(O)C1O)NC(=O)CCCCCCCCCCCCCCCCCCC/C=C\C/C=C\CCCCCCCCCCCCCCCCCOC(=O)CCCCCCCCCCCCCCC. The Morgan fingerprint density at radius 1 is 0.411 bits per heavy atom. The Labute approximate surface area is 555 Å². The summed E-state index contributed by atoms with van der Waals surface area (Å²) in [5.41, 5.74) is 0. The van der Waals surface area contributed by atoms with Crippen LogP contribution < -0.4 is 5.32 Å². The first-order valence-electron chi connectivity index (χ1n) is 39.3. The molecule has 90 heavy (non-hydrogen) atoms. The van der Waals surface area contributed by atoms with Gasteiger partial charge in [-0.3, -0.25) is 9.59 Å². The Hall–Kier alpha value is -2.12. The van der Waals surface area contributed by atoms with Gasteiger partial charge in [-0.25, -0.2) is 0 Å². The Morgan fingerprint density at radius 3 is 1.12 bits per heavy atom. The van der Waals surface area contributed by atoms with Crippen LogP contribution in [0.5, 0.6) is 0 Å². The average molecular weight is 1270 g/mol. The van der Waals surface area contributed by atoms with E-state index in [-0.39, 0.29) is 18.5 Å². The molecule has 11 heteroatoms. The van der Waals surface area contributed by atoms with Crippen molar-refractivity contribution < 1.29 is 49.3 Å². The smallest absolute Gasteiger partial charge is 0.305 e. The van der Waals surface area contributed by atoms with Crippen LogP contribution in [0.15, 0.2) is 36.5 Å². The second-order valence-electron chi connectivity index (χ2n) is 27.4. The summed E-state index contributed by atoms with van der Waals surface area (Å²) in [4.78, 5) is 25.1. The molecule has 7 atom stereocenters. The number of rotatable bonds is 70. The molecule has 1 rings (SSSR count). The minimum atomic E-state index is -1.57. The van der Waals surface area contributed by atoms with Crippen molar-refractivity contribution >= 4 is 11.9 Å². The summed E-state index contributed by atoms with van der Waals surface area (Å²) in [6.45, 7) is 4.37. The number of aliphatic hydroxyl groups excluding tert-OH is 5. The number of esters is 1. The first-order valence-corrected chi connectivity index (χ1v) is 39.3. The van der Waals surface area contributed by atoms with Crippen LogP contribution >= 0.6 is 0 Å². The zero-order valence-corrected chi connectivity index (χ0v) is 59.1. The van der Waals surface area contributed by atoms with Crippen LogP contribution in [0.4, 0.5) is 0 Å². The van der Waals surface area contributed by atoms with Crippen molar-refractivity contribution in [1.29, 1.82) is 0 Å². The quantitative estimate of drug-likeness (QED) is 0.0195. The molecule has 6 N–H and O–H groups in total. The number of nitrogens with one attached hydrogen (secondary N) is 1. The Morgan fingerprint density at radius 2 is 0.744 bits per heavy atom. The highest BCUT2D eigenvalue weighted by Gasteiger charge is 2.44. The summed E-state index contributed by atoms with van der Waals surface area (Å²) < 4.78 is 16.7. The average Bonchev–Trinajstić information content (AvgIpc) is 3.68. The van der Waals surface area contributed by atoms with E-state index in [2.05, 4.69) is 43.5 Å². The van der Waals surface area contributed by atoms with Gasteiger partial charge in [-0.1, -0.05) is 352 Å². The van der Waals surface area contributed by atoms with Gasteiger partial charge < -0.3 is 45.1 Å². The fraction of sp³-hybridized carbons (Fsp3) is 0.899. The van der Waals surface area contributed by atoms with Crippen LogP contribution in [0.25, 0.3) is 0 Å². The predicted molar refractivity (Wildman–Crippen MR) is 380 cm³/mol. The van der Waals surface area contributed by atoms with Gasteiger partial charge >= 0.3 is 5.97 Å². The number of hydrogen-bond acceptors (Lipinski definition) is 10. The van der Waals surface area contributed by atoms with Gasteiger partial charge in [-0.05, 0) is 64.2 Å². The summed E-state index contributed by atoms with van der Waals surface area (Å²) in [7, 11) is 0. The molecule has 0 aromatic carbocycles. The molecule has 0 aromatic rings. The number of aliphatic hydroxyl groups is 5. The van der Waals surface area contributed by atoms with Gasteiger partial charge in [0.1, 0.15) is 24.4 Å². The first kappa shape index (κ1) is 85.9. The van der Waals surface area contributed by atoms with Crippen LogP contribution in [0.3, 0.4) is 0 Å². The first-order chi connectivity index (χ1) is 44.2. The maximum Gasteiger partial charge on any atom is 0.305 e. The lowest BCUT2D eigenvalue weighted by atomic mass is 9.99. The van der Waals surface area contributed by atoms with Gasteiger partial charge in [0.2, 0.25) is 5.91 Å². The van der Waals surface area contributed by atoms with Gasteiger partial charge in [-0.15, -0.1) is 0 Å². The molecule has 1 fully saturated rings. The van der Waals surface area contributed by atoms with Gasteiger partial charge in [0.15, 0.2) is 6.29 Å². The molecule has 1 amide bonds. The van der Waals surface area contributed by atoms with Crippen molar-refractivity contribution in [2.24, 2.45) is 0 Å².